The molecule has 170 valence electrons. The quantitative estimate of drug-likeness (QED) is 0.278. The lowest BCUT2D eigenvalue weighted by molar-refractivity contribution is 0.462. The van der Waals surface area contributed by atoms with Crippen molar-refractivity contribution in [1.29, 1.82) is 0 Å². The van der Waals surface area contributed by atoms with E-state index in [1.807, 2.05) is 0 Å². The monoisotopic (exact) mass is 539 g/mol. The van der Waals surface area contributed by atoms with Crippen LogP contribution < -0.4 is 14.2 Å². The van der Waals surface area contributed by atoms with Gasteiger partial charge < -0.3 is 4.74 Å². The van der Waals surface area contributed by atoms with Crippen LogP contribution in [0.2, 0.25) is 10.0 Å². The van der Waals surface area contributed by atoms with Crippen molar-refractivity contribution in [3.05, 3.63) is 88.4 Å². The van der Waals surface area contributed by atoms with Gasteiger partial charge >= 0.3 is 0 Å². The molecular formula is C21H15Cl2N3O4S3. The van der Waals surface area contributed by atoms with Crippen LogP contribution in [0.3, 0.4) is 0 Å². The molecule has 4 aromatic rings. The minimum absolute atomic E-state index is 0.00716. The molecule has 0 aliphatic carbocycles. The van der Waals surface area contributed by atoms with E-state index < -0.39 is 21.0 Å². The standard InChI is InChI=1S/C21H15Cl2N3O4S3/c22-16-12-18(25-32(27)21-5-3-11-31-21)19(13-17(16)23)26-33(28,29)15-8-6-14(7-9-15)30-20-4-1-2-10-24-20/h1-13,25-26H. The van der Waals surface area contributed by atoms with Gasteiger partial charge in [-0.3, -0.25) is 9.44 Å². The number of ether oxygens (including phenoxy) is 1. The van der Waals surface area contributed by atoms with Crippen molar-refractivity contribution in [3.63, 3.8) is 0 Å². The molecular weight excluding hydrogens is 525 g/mol. The molecule has 7 nitrogen and oxygen atoms in total. The second-order valence-electron chi connectivity index (χ2n) is 6.46. The maximum absolute atomic E-state index is 13.0. The van der Waals surface area contributed by atoms with E-state index in [0.717, 1.165) is 0 Å². The van der Waals surface area contributed by atoms with Crippen LogP contribution in [0.5, 0.6) is 11.6 Å². The molecule has 0 aliphatic heterocycles. The molecule has 2 aromatic carbocycles. The van der Waals surface area contributed by atoms with Gasteiger partial charge in [0.05, 0.1) is 26.3 Å². The third kappa shape index (κ3) is 5.84. The summed E-state index contributed by atoms with van der Waals surface area (Å²) in [7, 11) is -5.62. The Morgan fingerprint density at radius 2 is 1.67 bits per heavy atom. The van der Waals surface area contributed by atoms with E-state index in [1.165, 1.54) is 47.7 Å². The summed E-state index contributed by atoms with van der Waals surface area (Å²) in [4.78, 5) is 4.05. The maximum Gasteiger partial charge on any atom is 0.261 e. The number of pyridine rings is 1. The summed E-state index contributed by atoms with van der Waals surface area (Å²) in [6.45, 7) is 0. The third-order valence-corrected chi connectivity index (χ3v) is 8.59. The summed E-state index contributed by atoms with van der Waals surface area (Å²) in [5.41, 5.74) is 0.318. The molecule has 2 heterocycles. The van der Waals surface area contributed by atoms with E-state index in [1.54, 1.807) is 41.9 Å². The Bertz CT molecular complexity index is 1380. The van der Waals surface area contributed by atoms with E-state index in [4.69, 9.17) is 27.9 Å². The molecule has 0 fully saturated rings. The van der Waals surface area contributed by atoms with Crippen molar-refractivity contribution in [1.82, 2.24) is 4.98 Å². The zero-order chi connectivity index (χ0) is 23.4. The first-order valence-corrected chi connectivity index (χ1v) is 13.5. The molecule has 2 N–H and O–H groups in total. The fourth-order valence-electron chi connectivity index (χ4n) is 2.65. The number of halogens is 2. The molecule has 0 spiro atoms. The van der Waals surface area contributed by atoms with Gasteiger partial charge in [0.25, 0.3) is 10.0 Å². The molecule has 0 saturated carbocycles. The van der Waals surface area contributed by atoms with Crippen LogP contribution in [0.4, 0.5) is 11.4 Å². The molecule has 0 radical (unpaired) electrons. The Labute approximate surface area is 207 Å². The number of rotatable bonds is 8. The van der Waals surface area contributed by atoms with Crippen molar-refractivity contribution in [2.24, 2.45) is 0 Å². The average Bonchev–Trinajstić information content (AvgIpc) is 3.33. The number of sulfonamides is 1. The van der Waals surface area contributed by atoms with Crippen LogP contribution in [-0.4, -0.2) is 17.6 Å². The second kappa shape index (κ2) is 10.1. The summed E-state index contributed by atoms with van der Waals surface area (Å²) in [6.07, 6.45) is 1.59. The third-order valence-electron chi connectivity index (χ3n) is 4.18. The molecule has 0 aliphatic rings. The maximum atomic E-state index is 13.0. The van der Waals surface area contributed by atoms with E-state index in [-0.39, 0.29) is 26.3 Å². The van der Waals surface area contributed by atoms with Gasteiger partial charge in [-0.2, -0.15) is 0 Å². The lowest BCUT2D eigenvalue weighted by Gasteiger charge is -2.15. The normalized spacial score (nSPS) is 12.2. The molecule has 1 atom stereocenters. The van der Waals surface area contributed by atoms with Crippen molar-refractivity contribution in [2.45, 2.75) is 9.10 Å². The minimum atomic E-state index is -4.00. The Kier molecular flexibility index (Phi) is 7.20. The summed E-state index contributed by atoms with van der Waals surface area (Å²) >= 11 is 13.5. The predicted octanol–water partition coefficient (Wildman–Crippen LogP) is 6.18. The molecule has 2 aromatic heterocycles. The van der Waals surface area contributed by atoms with Crippen molar-refractivity contribution in [3.8, 4) is 11.6 Å². The molecule has 0 amide bonds. The smallest absolute Gasteiger partial charge is 0.261 e. The van der Waals surface area contributed by atoms with Crippen LogP contribution in [-0.2, 0) is 21.0 Å². The number of nitrogens with one attached hydrogen (secondary N) is 2. The molecule has 1 unspecified atom stereocenters. The van der Waals surface area contributed by atoms with Gasteiger partial charge in [0, 0.05) is 12.3 Å². The number of aromatic nitrogens is 1. The van der Waals surface area contributed by atoms with E-state index in [0.29, 0.717) is 15.8 Å². The van der Waals surface area contributed by atoms with E-state index in [2.05, 4.69) is 14.4 Å². The summed E-state index contributed by atoms with van der Waals surface area (Å²) in [5, 5.41) is 2.11. The number of anilines is 2. The Hall–Kier alpha value is -2.63. The highest BCUT2D eigenvalue weighted by molar-refractivity contribution is 7.92. The topological polar surface area (TPSA) is 97.4 Å². The number of hydrogen-bond acceptors (Lipinski definition) is 6. The lowest BCUT2D eigenvalue weighted by Crippen LogP contribution is -2.15. The molecule has 4 rings (SSSR count). The summed E-state index contributed by atoms with van der Waals surface area (Å²) in [5.74, 6) is 0.812. The van der Waals surface area contributed by atoms with Gasteiger partial charge in [-0.25, -0.2) is 17.6 Å². The second-order valence-corrected chi connectivity index (χ2v) is 11.3. The predicted molar refractivity (Wildman–Crippen MR) is 132 cm³/mol. The summed E-state index contributed by atoms with van der Waals surface area (Å²) in [6, 6.07) is 17.3. The molecule has 33 heavy (non-hydrogen) atoms. The van der Waals surface area contributed by atoms with Gasteiger partial charge in [-0.1, -0.05) is 35.3 Å². The fourth-order valence-corrected chi connectivity index (χ4v) is 5.81. The molecule has 12 heteroatoms. The average molecular weight is 540 g/mol. The lowest BCUT2D eigenvalue weighted by atomic mass is 10.3. The van der Waals surface area contributed by atoms with Gasteiger partial charge in [0.2, 0.25) is 5.88 Å². The number of thiophene rings is 1. The van der Waals surface area contributed by atoms with E-state index >= 15 is 0 Å². The molecule has 0 bridgehead atoms. The largest absolute Gasteiger partial charge is 0.439 e. The Balaban J connectivity index is 1.57. The Morgan fingerprint density at radius 3 is 2.30 bits per heavy atom. The zero-order valence-corrected chi connectivity index (χ0v) is 20.5. The number of benzene rings is 2. The minimum Gasteiger partial charge on any atom is -0.439 e. The highest BCUT2D eigenvalue weighted by Gasteiger charge is 2.19. The van der Waals surface area contributed by atoms with Gasteiger partial charge in [-0.15, -0.1) is 11.3 Å². The van der Waals surface area contributed by atoms with E-state index in [9.17, 15) is 12.6 Å². The van der Waals surface area contributed by atoms with Crippen LogP contribution in [0.1, 0.15) is 0 Å². The highest BCUT2D eigenvalue weighted by Crippen LogP contribution is 2.35. The number of hydrogen-bond donors (Lipinski definition) is 2. The van der Waals surface area contributed by atoms with Crippen LogP contribution in [0.15, 0.2) is 87.4 Å². The SMILES string of the molecule is O=S(Nc1cc(Cl)c(Cl)cc1NS(=O)(=O)c1ccc(Oc2ccccn2)cc1)c1cccs1. The van der Waals surface area contributed by atoms with Gasteiger partial charge in [0.1, 0.15) is 9.96 Å². The van der Waals surface area contributed by atoms with Crippen LogP contribution in [0.25, 0.3) is 0 Å². The van der Waals surface area contributed by atoms with Crippen molar-refractivity contribution in [2.75, 3.05) is 9.44 Å². The first kappa shape index (κ1) is 23.5. The van der Waals surface area contributed by atoms with Crippen molar-refractivity contribution >= 4 is 66.9 Å². The van der Waals surface area contributed by atoms with Crippen LogP contribution in [0, 0.1) is 0 Å². The number of nitrogens with zero attached hydrogens (tertiary/aromatic N) is 1. The van der Waals surface area contributed by atoms with Gasteiger partial charge in [0.15, 0.2) is 11.0 Å². The summed E-state index contributed by atoms with van der Waals surface area (Å²) < 4.78 is 50.0. The first-order chi connectivity index (χ1) is 15.8. The first-order valence-electron chi connectivity index (χ1n) is 9.24. The Morgan fingerprint density at radius 1 is 0.939 bits per heavy atom. The highest BCUT2D eigenvalue weighted by atomic mass is 35.5. The zero-order valence-electron chi connectivity index (χ0n) is 16.6. The van der Waals surface area contributed by atoms with Crippen LogP contribution >= 0.6 is 34.5 Å². The molecule has 0 saturated heterocycles. The van der Waals surface area contributed by atoms with Gasteiger partial charge in [-0.05, 0) is 53.9 Å². The fraction of sp³-hybridized carbons (Fsp3) is 0. The van der Waals surface area contributed by atoms with Crippen molar-refractivity contribution < 1.29 is 17.4 Å².